The molecule has 3 rings (SSSR count). The number of hydrogen-bond acceptors (Lipinski definition) is 6. The first-order valence-corrected chi connectivity index (χ1v) is 10.1. The smallest absolute Gasteiger partial charge is 0.240 e. The molecule has 2 aromatic rings. The van der Waals surface area contributed by atoms with Gasteiger partial charge in [0.15, 0.2) is 0 Å². The molecule has 0 radical (unpaired) electrons. The molecule has 1 aliphatic heterocycles. The monoisotopic (exact) mass is 376 g/mol. The third kappa shape index (κ3) is 4.31. The molecule has 1 aromatic carbocycles. The summed E-state index contributed by atoms with van der Waals surface area (Å²) in [6, 6.07) is 6.69. The Morgan fingerprint density at radius 3 is 2.54 bits per heavy atom. The highest BCUT2D eigenvalue weighted by Crippen LogP contribution is 2.23. The van der Waals surface area contributed by atoms with Crippen molar-refractivity contribution in [3.63, 3.8) is 0 Å². The number of nitrogens with zero attached hydrogens (tertiary/aromatic N) is 3. The number of piperidine rings is 1. The van der Waals surface area contributed by atoms with Crippen LogP contribution >= 0.6 is 0 Å². The molecule has 1 fully saturated rings. The lowest BCUT2D eigenvalue weighted by atomic mass is 9.97. The highest BCUT2D eigenvalue weighted by atomic mass is 32.2. The molecule has 1 N–H and O–H groups in total. The molecule has 0 aliphatic carbocycles. The first-order chi connectivity index (χ1) is 12.5. The third-order valence-corrected chi connectivity index (χ3v) is 6.11. The van der Waals surface area contributed by atoms with Crippen molar-refractivity contribution < 1.29 is 13.2 Å². The molecule has 0 unspecified atom stereocenters. The van der Waals surface area contributed by atoms with E-state index in [1.54, 1.807) is 43.8 Å². The van der Waals surface area contributed by atoms with Crippen LogP contribution < -0.4 is 14.4 Å². The number of anilines is 1. The van der Waals surface area contributed by atoms with E-state index in [2.05, 4.69) is 19.6 Å². The zero-order valence-corrected chi connectivity index (χ0v) is 15.9. The maximum atomic E-state index is 12.5. The Kier molecular flexibility index (Phi) is 5.73. The van der Waals surface area contributed by atoms with Gasteiger partial charge in [-0.25, -0.2) is 23.1 Å². The minimum Gasteiger partial charge on any atom is -0.496 e. The number of sulfonamides is 1. The van der Waals surface area contributed by atoms with Crippen LogP contribution in [0, 0.1) is 12.8 Å². The molecule has 2 heterocycles. The van der Waals surface area contributed by atoms with E-state index in [4.69, 9.17) is 4.74 Å². The molecule has 26 heavy (non-hydrogen) atoms. The summed E-state index contributed by atoms with van der Waals surface area (Å²) in [6.07, 6.45) is 5.28. The standard InChI is InChI=1S/C18H24N4O3S/c1-14-12-16(4-5-17(14)25-2)26(23,24)21-13-15-6-10-22(11-7-15)18-19-8-3-9-20-18/h3-5,8-9,12,15,21H,6-7,10-11,13H2,1-2H3. The number of nitrogens with one attached hydrogen (secondary N) is 1. The van der Waals surface area contributed by atoms with Crippen molar-refractivity contribution >= 4 is 16.0 Å². The molecular weight excluding hydrogens is 352 g/mol. The molecule has 7 nitrogen and oxygen atoms in total. The maximum Gasteiger partial charge on any atom is 0.240 e. The molecule has 0 bridgehead atoms. The summed E-state index contributed by atoms with van der Waals surface area (Å²) < 4.78 is 33.0. The van der Waals surface area contributed by atoms with Crippen LogP contribution in [0.25, 0.3) is 0 Å². The fraction of sp³-hybridized carbons (Fsp3) is 0.444. The van der Waals surface area contributed by atoms with E-state index in [0.29, 0.717) is 18.2 Å². The number of hydrogen-bond donors (Lipinski definition) is 1. The van der Waals surface area contributed by atoms with Gasteiger partial charge in [0.1, 0.15) is 5.75 Å². The molecule has 1 aromatic heterocycles. The largest absolute Gasteiger partial charge is 0.496 e. The van der Waals surface area contributed by atoms with Crippen molar-refractivity contribution in [3.8, 4) is 5.75 Å². The summed E-state index contributed by atoms with van der Waals surface area (Å²) in [4.78, 5) is 10.9. The molecule has 8 heteroatoms. The zero-order valence-electron chi connectivity index (χ0n) is 15.1. The number of aromatic nitrogens is 2. The SMILES string of the molecule is COc1ccc(S(=O)(=O)NCC2CCN(c3ncccn3)CC2)cc1C. The average molecular weight is 376 g/mol. The summed E-state index contributed by atoms with van der Waals surface area (Å²) >= 11 is 0. The summed E-state index contributed by atoms with van der Waals surface area (Å²) in [5.74, 6) is 1.73. The van der Waals surface area contributed by atoms with Gasteiger partial charge in [-0.2, -0.15) is 0 Å². The molecule has 0 amide bonds. The Morgan fingerprint density at radius 2 is 1.92 bits per heavy atom. The van der Waals surface area contributed by atoms with Crippen LogP contribution in [0.2, 0.25) is 0 Å². The number of ether oxygens (including phenoxy) is 1. The van der Waals surface area contributed by atoms with Crippen LogP contribution in [-0.4, -0.2) is 45.1 Å². The predicted octanol–water partition coefficient (Wildman–Crippen LogP) is 1.99. The Balaban J connectivity index is 1.55. The van der Waals surface area contributed by atoms with Gasteiger partial charge in [-0.05, 0) is 55.5 Å². The Bertz CT molecular complexity index is 835. The minimum absolute atomic E-state index is 0.269. The van der Waals surface area contributed by atoms with Gasteiger partial charge in [0, 0.05) is 32.0 Å². The number of aryl methyl sites for hydroxylation is 1. The molecule has 1 saturated heterocycles. The van der Waals surface area contributed by atoms with Gasteiger partial charge in [-0.15, -0.1) is 0 Å². The van der Waals surface area contributed by atoms with Gasteiger partial charge < -0.3 is 9.64 Å². The first kappa shape index (κ1) is 18.6. The van der Waals surface area contributed by atoms with Crippen molar-refractivity contribution in [2.24, 2.45) is 5.92 Å². The fourth-order valence-electron chi connectivity index (χ4n) is 3.12. The van der Waals surface area contributed by atoms with Gasteiger partial charge in [0.05, 0.1) is 12.0 Å². The summed E-state index contributed by atoms with van der Waals surface area (Å²) in [7, 11) is -1.95. The van der Waals surface area contributed by atoms with E-state index in [0.717, 1.165) is 37.4 Å². The van der Waals surface area contributed by atoms with Crippen molar-refractivity contribution in [1.29, 1.82) is 0 Å². The van der Waals surface area contributed by atoms with Crippen LogP contribution in [0.4, 0.5) is 5.95 Å². The molecular formula is C18H24N4O3S. The van der Waals surface area contributed by atoms with Crippen LogP contribution in [-0.2, 0) is 10.0 Å². The normalized spacial score (nSPS) is 15.8. The first-order valence-electron chi connectivity index (χ1n) is 8.66. The fourth-order valence-corrected chi connectivity index (χ4v) is 4.32. The number of benzene rings is 1. The van der Waals surface area contributed by atoms with E-state index in [1.165, 1.54) is 0 Å². The van der Waals surface area contributed by atoms with Crippen LogP contribution in [0.15, 0.2) is 41.6 Å². The minimum atomic E-state index is -3.52. The van der Waals surface area contributed by atoms with Gasteiger partial charge in [-0.3, -0.25) is 0 Å². The summed E-state index contributed by atoms with van der Waals surface area (Å²) in [5.41, 5.74) is 0.798. The molecule has 140 valence electrons. The highest BCUT2D eigenvalue weighted by Gasteiger charge is 2.23. The van der Waals surface area contributed by atoms with Gasteiger partial charge in [0.25, 0.3) is 0 Å². The topological polar surface area (TPSA) is 84.4 Å². The molecule has 0 atom stereocenters. The number of rotatable bonds is 6. The van der Waals surface area contributed by atoms with Crippen molar-refractivity contribution in [2.45, 2.75) is 24.7 Å². The van der Waals surface area contributed by atoms with Gasteiger partial charge in [0.2, 0.25) is 16.0 Å². The second-order valence-electron chi connectivity index (χ2n) is 6.46. The molecule has 1 aliphatic rings. The highest BCUT2D eigenvalue weighted by molar-refractivity contribution is 7.89. The van der Waals surface area contributed by atoms with E-state index in [9.17, 15) is 8.42 Å². The predicted molar refractivity (Wildman–Crippen MR) is 99.9 cm³/mol. The lowest BCUT2D eigenvalue weighted by Gasteiger charge is -2.31. The lowest BCUT2D eigenvalue weighted by Crippen LogP contribution is -2.39. The Hall–Kier alpha value is -2.19. The van der Waals surface area contributed by atoms with Crippen molar-refractivity contribution in [1.82, 2.24) is 14.7 Å². The maximum absolute atomic E-state index is 12.5. The van der Waals surface area contributed by atoms with Crippen molar-refractivity contribution in [3.05, 3.63) is 42.2 Å². The molecule has 0 saturated carbocycles. The van der Waals surface area contributed by atoms with E-state index in [1.807, 2.05) is 6.92 Å². The quantitative estimate of drug-likeness (QED) is 0.830. The Labute approximate surface area is 154 Å². The van der Waals surface area contributed by atoms with Crippen LogP contribution in [0.1, 0.15) is 18.4 Å². The van der Waals surface area contributed by atoms with E-state index < -0.39 is 10.0 Å². The molecule has 0 spiro atoms. The third-order valence-electron chi connectivity index (χ3n) is 4.69. The average Bonchev–Trinajstić information content (AvgIpc) is 2.67. The van der Waals surface area contributed by atoms with Crippen molar-refractivity contribution in [2.75, 3.05) is 31.6 Å². The number of methoxy groups -OCH3 is 1. The van der Waals surface area contributed by atoms with E-state index in [-0.39, 0.29) is 4.90 Å². The lowest BCUT2D eigenvalue weighted by molar-refractivity contribution is 0.399. The van der Waals surface area contributed by atoms with Crippen LogP contribution in [0.5, 0.6) is 5.75 Å². The van der Waals surface area contributed by atoms with E-state index >= 15 is 0 Å². The second-order valence-corrected chi connectivity index (χ2v) is 8.23. The van der Waals surface area contributed by atoms with Gasteiger partial charge >= 0.3 is 0 Å². The van der Waals surface area contributed by atoms with Crippen LogP contribution in [0.3, 0.4) is 0 Å². The Morgan fingerprint density at radius 1 is 1.23 bits per heavy atom. The van der Waals surface area contributed by atoms with Gasteiger partial charge in [-0.1, -0.05) is 0 Å². The zero-order chi connectivity index (χ0) is 18.6. The summed E-state index contributed by atoms with van der Waals surface area (Å²) in [6.45, 7) is 3.94. The second kappa shape index (κ2) is 8.01. The summed E-state index contributed by atoms with van der Waals surface area (Å²) in [5, 5.41) is 0.